The number of amides is 1. The van der Waals surface area contributed by atoms with Gasteiger partial charge >= 0.3 is 0 Å². The first kappa shape index (κ1) is 17.4. The summed E-state index contributed by atoms with van der Waals surface area (Å²) in [4.78, 5) is 11.6. The van der Waals surface area contributed by atoms with Gasteiger partial charge in [-0.3, -0.25) is 4.79 Å². The molecule has 0 aromatic carbocycles. The average Bonchev–Trinajstić information content (AvgIpc) is 2.35. The van der Waals surface area contributed by atoms with Crippen molar-refractivity contribution < 1.29 is 4.79 Å². The highest BCUT2D eigenvalue weighted by Gasteiger charge is 2.16. The summed E-state index contributed by atoms with van der Waals surface area (Å²) in [5.74, 6) is 0.171. The van der Waals surface area contributed by atoms with Crippen LogP contribution in [0.5, 0.6) is 0 Å². The lowest BCUT2D eigenvalue weighted by molar-refractivity contribution is -0.121. The Morgan fingerprint density at radius 3 is 2.17 bits per heavy atom. The van der Waals surface area contributed by atoms with E-state index in [2.05, 4.69) is 26.1 Å². The quantitative estimate of drug-likeness (QED) is 0.558. The molecule has 0 saturated heterocycles. The van der Waals surface area contributed by atoms with Gasteiger partial charge in [0.2, 0.25) is 5.91 Å². The molecule has 3 nitrogen and oxygen atoms in total. The van der Waals surface area contributed by atoms with Crippen LogP contribution in [0.2, 0.25) is 0 Å². The van der Waals surface area contributed by atoms with Crippen LogP contribution >= 0.6 is 0 Å². The Labute approximate surface area is 113 Å². The molecule has 18 heavy (non-hydrogen) atoms. The van der Waals surface area contributed by atoms with Gasteiger partial charge in [-0.15, -0.1) is 0 Å². The smallest absolute Gasteiger partial charge is 0.220 e. The minimum absolute atomic E-state index is 0.00973. The number of hydrogen-bond acceptors (Lipinski definition) is 2. The highest BCUT2D eigenvalue weighted by molar-refractivity contribution is 5.75. The maximum absolute atomic E-state index is 11.6. The molecule has 0 bridgehead atoms. The third kappa shape index (κ3) is 10.6. The Bertz CT molecular complexity index is 215. The van der Waals surface area contributed by atoms with Crippen molar-refractivity contribution in [2.45, 2.75) is 72.1 Å². The lowest BCUT2D eigenvalue weighted by Crippen LogP contribution is -2.38. The summed E-state index contributed by atoms with van der Waals surface area (Å²) in [5, 5.41) is 2.97. The molecular weight excluding hydrogens is 224 g/mol. The molecule has 0 atom stereocenters. The monoisotopic (exact) mass is 256 g/mol. The van der Waals surface area contributed by atoms with E-state index in [1.165, 1.54) is 38.5 Å². The molecule has 3 N–H and O–H groups in total. The first-order chi connectivity index (χ1) is 8.52. The molecule has 0 aliphatic rings. The number of unbranched alkanes of at least 4 members (excludes halogenated alkanes) is 6. The molecule has 0 aliphatic heterocycles. The SMILES string of the molecule is CCCCCCCCCC(=O)NCC(C)(C)CN. The predicted octanol–water partition coefficient (Wildman–Crippen LogP) is 3.23. The third-order valence-corrected chi connectivity index (χ3v) is 3.32. The highest BCUT2D eigenvalue weighted by atomic mass is 16.1. The van der Waals surface area contributed by atoms with E-state index in [4.69, 9.17) is 5.73 Å². The van der Waals surface area contributed by atoms with Crippen LogP contribution in [-0.2, 0) is 4.79 Å². The van der Waals surface area contributed by atoms with Crippen LogP contribution in [0.4, 0.5) is 0 Å². The fraction of sp³-hybridized carbons (Fsp3) is 0.933. The Morgan fingerprint density at radius 2 is 1.61 bits per heavy atom. The lowest BCUT2D eigenvalue weighted by Gasteiger charge is -2.22. The van der Waals surface area contributed by atoms with E-state index in [1.807, 2.05) is 0 Å². The van der Waals surface area contributed by atoms with Crippen molar-refractivity contribution in [2.75, 3.05) is 13.1 Å². The van der Waals surface area contributed by atoms with Gasteiger partial charge in [0.1, 0.15) is 0 Å². The Balaban J connectivity index is 3.38. The molecular formula is C15H32N2O. The Hall–Kier alpha value is -0.570. The summed E-state index contributed by atoms with van der Waals surface area (Å²) in [6.45, 7) is 7.65. The zero-order chi connectivity index (χ0) is 13.9. The third-order valence-electron chi connectivity index (χ3n) is 3.32. The summed E-state index contributed by atoms with van der Waals surface area (Å²) in [7, 11) is 0. The van der Waals surface area contributed by atoms with Crippen molar-refractivity contribution in [3.05, 3.63) is 0 Å². The van der Waals surface area contributed by atoms with Gasteiger partial charge in [0, 0.05) is 13.0 Å². The number of nitrogens with two attached hydrogens (primary N) is 1. The highest BCUT2D eigenvalue weighted by Crippen LogP contribution is 2.11. The van der Waals surface area contributed by atoms with Gasteiger partial charge in [-0.25, -0.2) is 0 Å². The maximum atomic E-state index is 11.6. The van der Waals surface area contributed by atoms with Gasteiger partial charge < -0.3 is 11.1 Å². The molecule has 0 aromatic rings. The average molecular weight is 256 g/mol. The molecule has 108 valence electrons. The Kier molecular flexibility index (Phi) is 10.0. The number of carbonyl (C=O) groups is 1. The summed E-state index contributed by atoms with van der Waals surface area (Å²) in [5.41, 5.74) is 5.63. The molecule has 0 unspecified atom stereocenters. The largest absolute Gasteiger partial charge is 0.356 e. The van der Waals surface area contributed by atoms with Crippen LogP contribution in [0.1, 0.15) is 72.1 Å². The number of nitrogens with one attached hydrogen (secondary N) is 1. The van der Waals surface area contributed by atoms with E-state index >= 15 is 0 Å². The standard InChI is InChI=1S/C15H32N2O/c1-4-5-6-7-8-9-10-11-14(18)17-13-15(2,3)12-16/h4-13,16H2,1-3H3,(H,17,18). The normalized spacial score (nSPS) is 11.6. The van der Waals surface area contributed by atoms with Crippen molar-refractivity contribution >= 4 is 5.91 Å². The van der Waals surface area contributed by atoms with Gasteiger partial charge in [-0.1, -0.05) is 59.3 Å². The summed E-state index contributed by atoms with van der Waals surface area (Å²) >= 11 is 0. The number of hydrogen-bond donors (Lipinski definition) is 2. The van der Waals surface area contributed by atoms with Gasteiger partial charge in [-0.2, -0.15) is 0 Å². The predicted molar refractivity (Wildman–Crippen MR) is 78.5 cm³/mol. The van der Waals surface area contributed by atoms with Crippen LogP contribution in [-0.4, -0.2) is 19.0 Å². The van der Waals surface area contributed by atoms with Gasteiger partial charge in [0.25, 0.3) is 0 Å². The van der Waals surface area contributed by atoms with Crippen LogP contribution in [0.15, 0.2) is 0 Å². The first-order valence-electron chi connectivity index (χ1n) is 7.48. The van der Waals surface area contributed by atoms with E-state index in [-0.39, 0.29) is 11.3 Å². The summed E-state index contributed by atoms with van der Waals surface area (Å²) in [6, 6.07) is 0. The molecule has 0 heterocycles. The lowest BCUT2D eigenvalue weighted by atomic mass is 9.94. The summed E-state index contributed by atoms with van der Waals surface area (Å²) < 4.78 is 0. The number of carbonyl (C=O) groups excluding carboxylic acids is 1. The second-order valence-electron chi connectivity index (χ2n) is 6.02. The topological polar surface area (TPSA) is 55.1 Å². The van der Waals surface area contributed by atoms with Crippen molar-refractivity contribution in [1.29, 1.82) is 0 Å². The van der Waals surface area contributed by atoms with Crippen LogP contribution in [0.25, 0.3) is 0 Å². The van der Waals surface area contributed by atoms with E-state index in [1.54, 1.807) is 0 Å². The van der Waals surface area contributed by atoms with Gasteiger partial charge in [0.15, 0.2) is 0 Å². The molecule has 0 aromatic heterocycles. The van der Waals surface area contributed by atoms with E-state index < -0.39 is 0 Å². The van der Waals surface area contributed by atoms with E-state index in [0.717, 1.165) is 6.42 Å². The minimum Gasteiger partial charge on any atom is -0.356 e. The molecule has 0 radical (unpaired) electrons. The van der Waals surface area contributed by atoms with E-state index in [0.29, 0.717) is 19.5 Å². The molecule has 0 saturated carbocycles. The van der Waals surface area contributed by atoms with Crippen LogP contribution < -0.4 is 11.1 Å². The van der Waals surface area contributed by atoms with Crippen LogP contribution in [0.3, 0.4) is 0 Å². The molecule has 0 fully saturated rings. The van der Waals surface area contributed by atoms with Crippen molar-refractivity contribution in [2.24, 2.45) is 11.1 Å². The molecule has 3 heteroatoms. The zero-order valence-corrected chi connectivity index (χ0v) is 12.6. The van der Waals surface area contributed by atoms with Gasteiger partial charge in [0.05, 0.1) is 0 Å². The first-order valence-corrected chi connectivity index (χ1v) is 7.48. The van der Waals surface area contributed by atoms with Gasteiger partial charge in [-0.05, 0) is 18.4 Å². The zero-order valence-electron chi connectivity index (χ0n) is 12.6. The fourth-order valence-electron chi connectivity index (χ4n) is 1.74. The van der Waals surface area contributed by atoms with Crippen LogP contribution in [0, 0.1) is 5.41 Å². The Morgan fingerprint density at radius 1 is 1.06 bits per heavy atom. The van der Waals surface area contributed by atoms with Crippen molar-refractivity contribution in [3.63, 3.8) is 0 Å². The number of rotatable bonds is 11. The second-order valence-corrected chi connectivity index (χ2v) is 6.02. The molecule has 0 spiro atoms. The molecule has 0 rings (SSSR count). The fourth-order valence-corrected chi connectivity index (χ4v) is 1.74. The van der Waals surface area contributed by atoms with E-state index in [9.17, 15) is 4.79 Å². The summed E-state index contributed by atoms with van der Waals surface area (Å²) in [6.07, 6.45) is 9.41. The maximum Gasteiger partial charge on any atom is 0.220 e. The van der Waals surface area contributed by atoms with Crippen molar-refractivity contribution in [3.8, 4) is 0 Å². The second kappa shape index (κ2) is 10.4. The minimum atomic E-state index is 0.00973. The molecule has 1 amide bonds. The van der Waals surface area contributed by atoms with Crippen molar-refractivity contribution in [1.82, 2.24) is 5.32 Å². The molecule has 0 aliphatic carbocycles.